The molecule has 0 fully saturated rings. The molecular weight excluding hydrogens is 508 g/mol. The van der Waals surface area contributed by atoms with E-state index in [1.807, 2.05) is 66.7 Å². The van der Waals surface area contributed by atoms with Gasteiger partial charge in [-0.2, -0.15) is 0 Å². The standard InChI is InChI=1S/C28H25BrN2O4/c1-34-22-11-7-19(8-12-22)9-13-24(32)28-27(23-17-21(29)10-14-25(23)35-28)31-26(33)15-16-30-18-20-5-3-2-4-6-20/h2-14,17,30H,15-16,18H2,1H3,(H,31,33)/b13-9+. The molecule has 0 saturated heterocycles. The molecule has 1 heterocycles. The van der Waals surface area contributed by atoms with Crippen molar-refractivity contribution in [3.63, 3.8) is 0 Å². The van der Waals surface area contributed by atoms with Crippen molar-refractivity contribution in [3.8, 4) is 5.75 Å². The number of methoxy groups -OCH3 is 1. The Bertz CT molecular complexity index is 1340. The van der Waals surface area contributed by atoms with Crippen molar-refractivity contribution in [3.05, 3.63) is 100 Å². The number of ketones is 1. The summed E-state index contributed by atoms with van der Waals surface area (Å²) in [4.78, 5) is 25.8. The Hall–Kier alpha value is -3.68. The SMILES string of the molecule is COc1ccc(/C=C/C(=O)c2oc3ccc(Br)cc3c2NC(=O)CCNCc2ccccc2)cc1. The number of carbonyl (C=O) groups is 2. The van der Waals surface area contributed by atoms with E-state index in [1.165, 1.54) is 6.08 Å². The molecule has 1 amide bonds. The zero-order valence-electron chi connectivity index (χ0n) is 19.2. The second kappa shape index (κ2) is 11.6. The number of anilines is 1. The maximum Gasteiger partial charge on any atom is 0.225 e. The summed E-state index contributed by atoms with van der Waals surface area (Å²) in [6.07, 6.45) is 3.39. The van der Waals surface area contributed by atoms with Crippen molar-refractivity contribution in [2.45, 2.75) is 13.0 Å². The van der Waals surface area contributed by atoms with Crippen LogP contribution in [0, 0.1) is 0 Å². The molecule has 0 bridgehead atoms. The van der Waals surface area contributed by atoms with Gasteiger partial charge < -0.3 is 19.8 Å². The number of amides is 1. The van der Waals surface area contributed by atoms with E-state index in [4.69, 9.17) is 9.15 Å². The normalized spacial score (nSPS) is 11.1. The number of carbonyl (C=O) groups excluding carboxylic acids is 2. The van der Waals surface area contributed by atoms with Gasteiger partial charge in [0.2, 0.25) is 11.7 Å². The van der Waals surface area contributed by atoms with Crippen LogP contribution in [0.3, 0.4) is 0 Å². The average molecular weight is 533 g/mol. The summed E-state index contributed by atoms with van der Waals surface area (Å²) in [6.45, 7) is 1.18. The molecule has 4 aromatic rings. The van der Waals surface area contributed by atoms with Crippen molar-refractivity contribution in [1.29, 1.82) is 0 Å². The van der Waals surface area contributed by atoms with Crippen molar-refractivity contribution >= 4 is 50.4 Å². The highest BCUT2D eigenvalue weighted by atomic mass is 79.9. The summed E-state index contributed by atoms with van der Waals surface area (Å²) in [5.41, 5.74) is 2.88. The highest BCUT2D eigenvalue weighted by Gasteiger charge is 2.21. The number of hydrogen-bond donors (Lipinski definition) is 2. The Labute approximate surface area is 212 Å². The predicted octanol–water partition coefficient (Wildman–Crippen LogP) is 6.22. The molecule has 0 spiro atoms. The summed E-state index contributed by atoms with van der Waals surface area (Å²) in [5.74, 6) is 0.278. The lowest BCUT2D eigenvalue weighted by atomic mass is 10.1. The highest BCUT2D eigenvalue weighted by molar-refractivity contribution is 9.10. The molecule has 35 heavy (non-hydrogen) atoms. The van der Waals surface area contributed by atoms with E-state index in [0.717, 1.165) is 21.3 Å². The van der Waals surface area contributed by atoms with Crippen LogP contribution in [-0.4, -0.2) is 25.3 Å². The Morgan fingerprint density at radius 3 is 2.54 bits per heavy atom. The van der Waals surface area contributed by atoms with Gasteiger partial charge in [0.15, 0.2) is 5.76 Å². The lowest BCUT2D eigenvalue weighted by molar-refractivity contribution is -0.116. The molecule has 3 aromatic carbocycles. The molecule has 0 aliphatic carbocycles. The van der Waals surface area contributed by atoms with Crippen LogP contribution in [0.25, 0.3) is 17.0 Å². The second-order valence-electron chi connectivity index (χ2n) is 7.88. The molecule has 0 atom stereocenters. The van der Waals surface area contributed by atoms with Gasteiger partial charge in [0.1, 0.15) is 11.3 Å². The van der Waals surface area contributed by atoms with E-state index in [1.54, 1.807) is 19.3 Å². The van der Waals surface area contributed by atoms with E-state index in [0.29, 0.717) is 29.7 Å². The first-order chi connectivity index (χ1) is 17.0. The molecule has 0 aliphatic rings. The van der Waals surface area contributed by atoms with Crippen molar-refractivity contribution < 1.29 is 18.7 Å². The van der Waals surface area contributed by atoms with E-state index in [-0.39, 0.29) is 23.9 Å². The molecule has 0 radical (unpaired) electrons. The number of rotatable bonds is 10. The Balaban J connectivity index is 1.47. The molecule has 7 heteroatoms. The summed E-state index contributed by atoms with van der Waals surface area (Å²) in [5, 5.41) is 6.81. The van der Waals surface area contributed by atoms with Gasteiger partial charge in [0.25, 0.3) is 0 Å². The molecule has 178 valence electrons. The zero-order chi connectivity index (χ0) is 24.6. The van der Waals surface area contributed by atoms with E-state index >= 15 is 0 Å². The number of halogens is 1. The second-order valence-corrected chi connectivity index (χ2v) is 8.79. The Kier molecular flexibility index (Phi) is 8.13. The van der Waals surface area contributed by atoms with E-state index in [2.05, 4.69) is 26.6 Å². The number of fused-ring (bicyclic) bond motifs is 1. The summed E-state index contributed by atoms with van der Waals surface area (Å²) >= 11 is 3.45. The number of allylic oxidation sites excluding steroid dienone is 1. The summed E-state index contributed by atoms with van der Waals surface area (Å²) in [7, 11) is 1.60. The number of benzene rings is 3. The maximum absolute atomic E-state index is 13.0. The van der Waals surface area contributed by atoms with Gasteiger partial charge in [-0.3, -0.25) is 9.59 Å². The highest BCUT2D eigenvalue weighted by Crippen LogP contribution is 2.34. The van der Waals surface area contributed by atoms with Crippen LogP contribution in [0.1, 0.15) is 28.1 Å². The third-order valence-corrected chi connectivity index (χ3v) is 5.88. The van der Waals surface area contributed by atoms with Gasteiger partial charge >= 0.3 is 0 Å². The van der Waals surface area contributed by atoms with Crippen LogP contribution in [0.2, 0.25) is 0 Å². The maximum atomic E-state index is 13.0. The molecule has 0 unspecified atom stereocenters. The van der Waals surface area contributed by atoms with Crippen LogP contribution < -0.4 is 15.4 Å². The van der Waals surface area contributed by atoms with E-state index in [9.17, 15) is 9.59 Å². The Morgan fingerprint density at radius 1 is 1.03 bits per heavy atom. The monoisotopic (exact) mass is 532 g/mol. The van der Waals surface area contributed by atoms with Gasteiger partial charge in [0.05, 0.1) is 12.8 Å². The van der Waals surface area contributed by atoms with Crippen LogP contribution >= 0.6 is 15.9 Å². The number of hydrogen-bond acceptors (Lipinski definition) is 5. The molecule has 0 aliphatic heterocycles. The first-order valence-electron chi connectivity index (χ1n) is 11.2. The first kappa shape index (κ1) is 24.4. The number of furan rings is 1. The van der Waals surface area contributed by atoms with Crippen molar-refractivity contribution in [2.75, 3.05) is 19.0 Å². The van der Waals surface area contributed by atoms with Crippen molar-refractivity contribution in [2.24, 2.45) is 0 Å². The summed E-state index contributed by atoms with van der Waals surface area (Å²) < 4.78 is 11.8. The minimum Gasteiger partial charge on any atom is -0.497 e. The quantitative estimate of drug-likeness (QED) is 0.144. The molecule has 6 nitrogen and oxygen atoms in total. The van der Waals surface area contributed by atoms with Gasteiger partial charge in [-0.1, -0.05) is 64.5 Å². The minimum atomic E-state index is -0.342. The molecule has 0 saturated carbocycles. The molecule has 1 aromatic heterocycles. The molecular formula is C28H25BrN2O4. The van der Waals surface area contributed by atoms with E-state index < -0.39 is 0 Å². The van der Waals surface area contributed by atoms with Gasteiger partial charge in [-0.25, -0.2) is 0 Å². The fraction of sp³-hybridized carbons (Fsp3) is 0.143. The topological polar surface area (TPSA) is 80.6 Å². The lowest BCUT2D eigenvalue weighted by Gasteiger charge is -2.07. The minimum absolute atomic E-state index is 0.0912. The molecule has 2 N–H and O–H groups in total. The average Bonchev–Trinajstić information content (AvgIpc) is 3.23. The van der Waals surface area contributed by atoms with Crippen LogP contribution in [-0.2, 0) is 11.3 Å². The fourth-order valence-electron chi connectivity index (χ4n) is 3.56. The Morgan fingerprint density at radius 2 is 1.80 bits per heavy atom. The fourth-order valence-corrected chi connectivity index (χ4v) is 3.92. The zero-order valence-corrected chi connectivity index (χ0v) is 20.8. The van der Waals surface area contributed by atoms with Crippen LogP contribution in [0.5, 0.6) is 5.75 Å². The lowest BCUT2D eigenvalue weighted by Crippen LogP contribution is -2.22. The third kappa shape index (κ3) is 6.47. The van der Waals surface area contributed by atoms with Crippen LogP contribution in [0.4, 0.5) is 5.69 Å². The third-order valence-electron chi connectivity index (χ3n) is 5.38. The predicted molar refractivity (Wildman–Crippen MR) is 142 cm³/mol. The van der Waals surface area contributed by atoms with Gasteiger partial charge in [-0.15, -0.1) is 0 Å². The van der Waals surface area contributed by atoms with Crippen LogP contribution in [0.15, 0.2) is 87.8 Å². The van der Waals surface area contributed by atoms with Gasteiger partial charge in [0, 0.05) is 29.4 Å². The first-order valence-corrected chi connectivity index (χ1v) is 12.0. The number of ether oxygens (including phenoxy) is 1. The largest absolute Gasteiger partial charge is 0.497 e. The number of nitrogens with one attached hydrogen (secondary N) is 2. The smallest absolute Gasteiger partial charge is 0.225 e. The summed E-state index contributed by atoms with van der Waals surface area (Å²) in [6, 6.07) is 22.7. The molecule has 4 rings (SSSR count). The van der Waals surface area contributed by atoms with Crippen molar-refractivity contribution in [1.82, 2.24) is 5.32 Å². The van der Waals surface area contributed by atoms with Gasteiger partial charge in [-0.05, 0) is 47.5 Å².